The number of morpholine rings is 1. The highest BCUT2D eigenvalue weighted by Crippen LogP contribution is 2.12. The van der Waals surface area contributed by atoms with Crippen LogP contribution in [0.4, 0.5) is 4.39 Å². The average Bonchev–Trinajstić information content (AvgIpc) is 2.61. The van der Waals surface area contributed by atoms with Crippen LogP contribution < -0.4 is 5.32 Å². The minimum atomic E-state index is -0.209. The first-order chi connectivity index (χ1) is 12.0. The predicted molar refractivity (Wildman–Crippen MR) is 116 cm³/mol. The van der Waals surface area contributed by atoms with Crippen LogP contribution in [-0.4, -0.2) is 68.7 Å². The van der Waals surface area contributed by atoms with Crippen LogP contribution in [0, 0.1) is 11.7 Å². The van der Waals surface area contributed by atoms with Gasteiger partial charge in [-0.3, -0.25) is 9.89 Å². The van der Waals surface area contributed by atoms with E-state index < -0.39 is 0 Å². The van der Waals surface area contributed by atoms with Gasteiger partial charge in [0.25, 0.3) is 0 Å². The molecule has 0 spiro atoms. The second-order valence-corrected chi connectivity index (χ2v) is 6.87. The topological polar surface area (TPSA) is 40.1 Å². The average molecular weight is 478 g/mol. The molecule has 1 N–H and O–H groups in total. The van der Waals surface area contributed by atoms with Crippen LogP contribution in [-0.2, 0) is 11.3 Å². The fourth-order valence-electron chi connectivity index (χ4n) is 3.21. The molecule has 0 radical (unpaired) electrons. The van der Waals surface area contributed by atoms with Crippen molar-refractivity contribution in [2.45, 2.75) is 26.4 Å². The summed E-state index contributed by atoms with van der Waals surface area (Å²) in [7, 11) is 3.79. The van der Waals surface area contributed by atoms with E-state index in [4.69, 9.17) is 4.74 Å². The number of hydrogen-bond donors (Lipinski definition) is 1. The van der Waals surface area contributed by atoms with Crippen molar-refractivity contribution in [1.82, 2.24) is 15.1 Å². The Bertz CT molecular complexity index is 547. The van der Waals surface area contributed by atoms with Crippen molar-refractivity contribution in [3.63, 3.8) is 0 Å². The lowest BCUT2D eigenvalue weighted by atomic mass is 10.0. The fourth-order valence-corrected chi connectivity index (χ4v) is 3.21. The molecule has 1 saturated heterocycles. The van der Waals surface area contributed by atoms with E-state index in [0.717, 1.165) is 44.4 Å². The van der Waals surface area contributed by atoms with E-state index >= 15 is 0 Å². The van der Waals surface area contributed by atoms with Gasteiger partial charge in [-0.1, -0.05) is 26.0 Å². The third-order valence-corrected chi connectivity index (χ3v) is 4.66. The second-order valence-electron chi connectivity index (χ2n) is 6.87. The summed E-state index contributed by atoms with van der Waals surface area (Å²) < 4.78 is 18.5. The standard InChI is InChI=1S/C19H31FN4O.HI/c1-15(2)18(24-9-11-25-12-10-24)13-22-19(21-3)23(4)14-16-5-7-17(20)8-6-16;/h5-8,15,18H,9-14H2,1-4H3,(H,21,22);1H. The lowest BCUT2D eigenvalue weighted by Crippen LogP contribution is -2.52. The Morgan fingerprint density at radius 2 is 1.88 bits per heavy atom. The molecule has 1 aromatic rings. The Morgan fingerprint density at radius 3 is 2.42 bits per heavy atom. The number of nitrogens with one attached hydrogen (secondary N) is 1. The minimum Gasteiger partial charge on any atom is -0.379 e. The maximum atomic E-state index is 13.0. The first-order valence-electron chi connectivity index (χ1n) is 8.99. The summed E-state index contributed by atoms with van der Waals surface area (Å²) in [5, 5.41) is 3.50. The molecule has 1 fully saturated rings. The van der Waals surface area contributed by atoms with Gasteiger partial charge in [0.2, 0.25) is 0 Å². The summed E-state index contributed by atoms with van der Waals surface area (Å²) in [6, 6.07) is 7.05. The number of hydrogen-bond acceptors (Lipinski definition) is 3. The maximum absolute atomic E-state index is 13.0. The van der Waals surface area contributed by atoms with Gasteiger partial charge in [0, 0.05) is 46.3 Å². The number of halogens is 2. The molecule has 0 aliphatic carbocycles. The van der Waals surface area contributed by atoms with Crippen LogP contribution in [0.5, 0.6) is 0 Å². The number of ether oxygens (including phenoxy) is 1. The van der Waals surface area contributed by atoms with E-state index in [1.54, 1.807) is 7.05 Å². The molecule has 1 aromatic carbocycles. The summed E-state index contributed by atoms with van der Waals surface area (Å²) in [5.74, 6) is 1.19. The van der Waals surface area contributed by atoms with Crippen molar-refractivity contribution in [2.75, 3.05) is 46.9 Å². The molecule has 26 heavy (non-hydrogen) atoms. The van der Waals surface area contributed by atoms with Crippen LogP contribution in [0.3, 0.4) is 0 Å². The Balaban J connectivity index is 0.00000338. The van der Waals surface area contributed by atoms with Crippen LogP contribution >= 0.6 is 24.0 Å². The van der Waals surface area contributed by atoms with Gasteiger partial charge >= 0.3 is 0 Å². The molecule has 1 aliphatic rings. The van der Waals surface area contributed by atoms with Gasteiger partial charge < -0.3 is 15.0 Å². The van der Waals surface area contributed by atoms with Crippen molar-refractivity contribution in [3.05, 3.63) is 35.6 Å². The molecule has 0 amide bonds. The van der Waals surface area contributed by atoms with Crippen molar-refractivity contribution in [3.8, 4) is 0 Å². The molecule has 5 nitrogen and oxygen atoms in total. The largest absolute Gasteiger partial charge is 0.379 e. The summed E-state index contributed by atoms with van der Waals surface area (Å²) in [5.41, 5.74) is 1.06. The third-order valence-electron chi connectivity index (χ3n) is 4.66. The van der Waals surface area contributed by atoms with Crippen LogP contribution in [0.15, 0.2) is 29.3 Å². The van der Waals surface area contributed by atoms with Gasteiger partial charge in [-0.25, -0.2) is 4.39 Å². The summed E-state index contributed by atoms with van der Waals surface area (Å²) in [4.78, 5) is 8.95. The van der Waals surface area contributed by atoms with Gasteiger partial charge in [-0.15, -0.1) is 24.0 Å². The minimum absolute atomic E-state index is 0. The van der Waals surface area contributed by atoms with E-state index in [1.165, 1.54) is 12.1 Å². The molecule has 2 rings (SSSR count). The van der Waals surface area contributed by atoms with Crippen molar-refractivity contribution in [2.24, 2.45) is 10.9 Å². The molecule has 7 heteroatoms. The van der Waals surface area contributed by atoms with E-state index in [9.17, 15) is 4.39 Å². The zero-order chi connectivity index (χ0) is 18.2. The monoisotopic (exact) mass is 478 g/mol. The predicted octanol–water partition coefficient (Wildman–Crippen LogP) is 2.81. The molecule has 1 atom stereocenters. The van der Waals surface area contributed by atoms with E-state index in [-0.39, 0.29) is 29.8 Å². The van der Waals surface area contributed by atoms with E-state index in [2.05, 4.69) is 34.0 Å². The summed E-state index contributed by atoms with van der Waals surface area (Å²) >= 11 is 0. The Morgan fingerprint density at radius 1 is 1.27 bits per heavy atom. The fraction of sp³-hybridized carbons (Fsp3) is 0.632. The summed E-state index contributed by atoms with van der Waals surface area (Å²) in [6.07, 6.45) is 0. The number of guanidine groups is 1. The molecular weight excluding hydrogens is 446 g/mol. The van der Waals surface area contributed by atoms with Gasteiger partial charge in [0.1, 0.15) is 5.82 Å². The molecule has 1 heterocycles. The van der Waals surface area contributed by atoms with Gasteiger partial charge in [0.15, 0.2) is 5.96 Å². The SMILES string of the molecule is CN=C(NCC(C(C)C)N1CCOCC1)N(C)Cc1ccc(F)cc1.I. The first-order valence-corrected chi connectivity index (χ1v) is 8.99. The highest BCUT2D eigenvalue weighted by atomic mass is 127. The van der Waals surface area contributed by atoms with Gasteiger partial charge in [-0.05, 0) is 23.6 Å². The number of aliphatic imine (C=N–C) groups is 1. The number of rotatable bonds is 6. The molecule has 1 unspecified atom stereocenters. The second kappa shape index (κ2) is 11.7. The summed E-state index contributed by atoms with van der Waals surface area (Å²) in [6.45, 7) is 9.62. The highest BCUT2D eigenvalue weighted by molar-refractivity contribution is 14.0. The Hall–Kier alpha value is -0.930. The lowest BCUT2D eigenvalue weighted by Gasteiger charge is -2.37. The quantitative estimate of drug-likeness (QED) is 0.388. The molecule has 0 aromatic heterocycles. The smallest absolute Gasteiger partial charge is 0.193 e. The third kappa shape index (κ3) is 7.00. The highest BCUT2D eigenvalue weighted by Gasteiger charge is 2.24. The van der Waals surface area contributed by atoms with E-state index in [1.807, 2.05) is 19.2 Å². The maximum Gasteiger partial charge on any atom is 0.193 e. The lowest BCUT2D eigenvalue weighted by molar-refractivity contribution is 0.00741. The zero-order valence-corrected chi connectivity index (χ0v) is 18.6. The Labute approximate surface area is 174 Å². The molecule has 0 bridgehead atoms. The molecule has 0 saturated carbocycles. The Kier molecular flexibility index (Phi) is 10.4. The van der Waals surface area contributed by atoms with Crippen LogP contribution in [0.25, 0.3) is 0 Å². The van der Waals surface area contributed by atoms with Crippen LogP contribution in [0.2, 0.25) is 0 Å². The van der Waals surface area contributed by atoms with Crippen molar-refractivity contribution in [1.29, 1.82) is 0 Å². The van der Waals surface area contributed by atoms with Gasteiger partial charge in [0.05, 0.1) is 13.2 Å². The molecule has 148 valence electrons. The van der Waals surface area contributed by atoms with E-state index in [0.29, 0.717) is 18.5 Å². The number of benzene rings is 1. The van der Waals surface area contributed by atoms with Crippen molar-refractivity contribution < 1.29 is 9.13 Å². The number of nitrogens with zero attached hydrogens (tertiary/aromatic N) is 3. The van der Waals surface area contributed by atoms with Crippen LogP contribution in [0.1, 0.15) is 19.4 Å². The molecule has 1 aliphatic heterocycles. The zero-order valence-electron chi connectivity index (χ0n) is 16.2. The van der Waals surface area contributed by atoms with Crippen molar-refractivity contribution >= 4 is 29.9 Å². The molecular formula is C19H32FIN4O. The first kappa shape index (κ1) is 23.1. The van der Waals surface area contributed by atoms with Gasteiger partial charge in [-0.2, -0.15) is 0 Å². The normalized spacial score (nSPS) is 16.9.